The Balaban J connectivity index is 1.68. The number of rotatable bonds is 9. The number of aliphatic carboxylic acids is 1. The smallest absolute Gasteiger partial charge is 0.304 e. The van der Waals surface area contributed by atoms with E-state index in [1.54, 1.807) is 12.1 Å². The van der Waals surface area contributed by atoms with Crippen molar-refractivity contribution >= 4 is 23.6 Å². The fourth-order valence-electron chi connectivity index (χ4n) is 3.42. The first kappa shape index (κ1) is 25.7. The third-order valence-electron chi connectivity index (χ3n) is 5.24. The molecule has 2 aromatic carbocycles. The van der Waals surface area contributed by atoms with Gasteiger partial charge in [-0.2, -0.15) is 9.65 Å². The molecule has 1 aromatic heterocycles. The Hall–Kier alpha value is -4.37. The summed E-state index contributed by atoms with van der Waals surface area (Å²) in [7, 11) is 1.82. The average molecular weight is 527 g/mol. The molecular weight excluding hydrogens is 506 g/mol. The number of carboxylic acid groups (broad SMARTS) is 1. The van der Waals surface area contributed by atoms with Crippen LogP contribution >= 0.6 is 11.8 Å². The van der Waals surface area contributed by atoms with Crippen LogP contribution in [0.1, 0.15) is 17.5 Å². The molecule has 0 radical (unpaired) electrons. The van der Waals surface area contributed by atoms with Crippen LogP contribution in [0.15, 0.2) is 52.5 Å². The van der Waals surface area contributed by atoms with E-state index in [2.05, 4.69) is 9.98 Å². The number of phenolic OH excluding ortho intramolecular Hbond substituents is 1. The lowest BCUT2D eigenvalue weighted by molar-refractivity contribution is -0.136. The van der Waals surface area contributed by atoms with Crippen molar-refractivity contribution < 1.29 is 33.3 Å². The fourth-order valence-corrected chi connectivity index (χ4v) is 4.30. The molecule has 12 heteroatoms. The first-order valence-electron chi connectivity index (χ1n) is 10.9. The molecule has 0 saturated heterocycles. The predicted molar refractivity (Wildman–Crippen MR) is 131 cm³/mol. The fraction of sp³-hybridized carbons (Fsp3) is 0.200. The van der Waals surface area contributed by atoms with Gasteiger partial charge in [0.1, 0.15) is 11.6 Å². The van der Waals surface area contributed by atoms with E-state index in [0.29, 0.717) is 36.4 Å². The number of pyridine rings is 1. The molecular formula is C25H20F2N4O5S. The van der Waals surface area contributed by atoms with E-state index in [-0.39, 0.29) is 29.2 Å². The number of aromatic hydroxyl groups is 1. The van der Waals surface area contributed by atoms with E-state index in [9.17, 15) is 14.3 Å². The van der Waals surface area contributed by atoms with Crippen LogP contribution in [-0.2, 0) is 4.79 Å². The molecule has 1 aliphatic rings. The number of carbonyl (C=O) groups is 1. The summed E-state index contributed by atoms with van der Waals surface area (Å²) in [4.78, 5) is 21.5. The minimum Gasteiger partial charge on any atom is -0.504 e. The molecule has 0 saturated carbocycles. The lowest BCUT2D eigenvalue weighted by atomic mass is 10.1. The summed E-state index contributed by atoms with van der Waals surface area (Å²) >= 11 is 1.32. The highest BCUT2D eigenvalue weighted by Gasteiger charge is 2.24. The monoisotopic (exact) mass is 526 g/mol. The molecule has 0 unspecified atom stereocenters. The molecule has 37 heavy (non-hydrogen) atoms. The minimum absolute atomic E-state index is 0.0257. The number of likely N-dealkylation sites (N-methyl/N-ethyl adjacent to an activating group) is 1. The first-order chi connectivity index (χ1) is 17.8. The average Bonchev–Trinajstić information content (AvgIpc) is 3.30. The number of aliphatic imine (C=N–C) groups is 1. The van der Waals surface area contributed by atoms with Gasteiger partial charge in [0.25, 0.3) is 5.88 Å². The van der Waals surface area contributed by atoms with Crippen molar-refractivity contribution in [1.82, 2.24) is 9.88 Å². The number of amidine groups is 1. The highest BCUT2D eigenvalue weighted by Crippen LogP contribution is 2.38. The highest BCUT2D eigenvalue weighted by atomic mass is 32.2. The number of thioether (sulfide) groups is 1. The topological polar surface area (TPSA) is 128 Å². The molecule has 0 aliphatic carbocycles. The largest absolute Gasteiger partial charge is 0.504 e. The van der Waals surface area contributed by atoms with Crippen LogP contribution in [0.4, 0.5) is 8.78 Å². The van der Waals surface area contributed by atoms with Gasteiger partial charge in [0, 0.05) is 30.3 Å². The Bertz CT molecular complexity index is 1430. The normalized spacial score (nSPS) is 12.7. The SMILES string of the molecule is CN1CCN=C1c1cc(SCCC(=O)O)ccc1Oc1c(F)cnc(Oc2cc(C#N)ccc2O)c1F. The third-order valence-corrected chi connectivity index (χ3v) is 6.24. The number of hydrogen-bond donors (Lipinski definition) is 2. The van der Waals surface area contributed by atoms with E-state index >= 15 is 4.39 Å². The molecule has 9 nitrogen and oxygen atoms in total. The zero-order valence-electron chi connectivity index (χ0n) is 19.4. The van der Waals surface area contributed by atoms with E-state index in [1.165, 1.54) is 36.0 Å². The maximum absolute atomic E-state index is 15.3. The van der Waals surface area contributed by atoms with Crippen molar-refractivity contribution in [3.05, 3.63) is 65.4 Å². The third kappa shape index (κ3) is 5.90. The summed E-state index contributed by atoms with van der Waals surface area (Å²) in [6.45, 7) is 1.18. The van der Waals surface area contributed by atoms with Crippen LogP contribution < -0.4 is 9.47 Å². The number of ether oxygens (including phenoxy) is 2. The Labute approximate surface area is 214 Å². The van der Waals surface area contributed by atoms with Crippen molar-refractivity contribution in [1.29, 1.82) is 5.26 Å². The Kier molecular flexibility index (Phi) is 7.74. The number of nitriles is 1. The molecule has 0 atom stereocenters. The van der Waals surface area contributed by atoms with Crippen LogP contribution in [0.25, 0.3) is 0 Å². The van der Waals surface area contributed by atoms with Gasteiger partial charge in [-0.05, 0) is 30.3 Å². The number of carboxylic acids is 1. The van der Waals surface area contributed by atoms with Gasteiger partial charge < -0.3 is 24.6 Å². The summed E-state index contributed by atoms with van der Waals surface area (Å²) < 4.78 is 41.0. The maximum Gasteiger partial charge on any atom is 0.304 e. The van der Waals surface area contributed by atoms with E-state index in [4.69, 9.17) is 19.8 Å². The molecule has 2 heterocycles. The lowest BCUT2D eigenvalue weighted by Gasteiger charge is -2.19. The van der Waals surface area contributed by atoms with Gasteiger partial charge in [-0.1, -0.05) is 0 Å². The zero-order valence-corrected chi connectivity index (χ0v) is 20.3. The first-order valence-corrected chi connectivity index (χ1v) is 11.9. The number of nitrogens with zero attached hydrogens (tertiary/aromatic N) is 4. The number of benzene rings is 2. The van der Waals surface area contributed by atoms with Crippen molar-refractivity contribution in [2.45, 2.75) is 11.3 Å². The molecule has 2 N–H and O–H groups in total. The van der Waals surface area contributed by atoms with E-state index < -0.39 is 29.2 Å². The number of halogens is 2. The van der Waals surface area contributed by atoms with Gasteiger partial charge in [0.2, 0.25) is 11.6 Å². The van der Waals surface area contributed by atoms with Crippen molar-refractivity contribution in [2.24, 2.45) is 4.99 Å². The van der Waals surface area contributed by atoms with E-state index in [0.717, 1.165) is 4.90 Å². The number of aromatic nitrogens is 1. The second-order valence-corrected chi connectivity index (χ2v) is 9.00. The summed E-state index contributed by atoms with van der Waals surface area (Å²) in [5, 5.41) is 28.0. The molecule has 3 aromatic rings. The molecule has 4 rings (SSSR count). The molecule has 0 fully saturated rings. The van der Waals surface area contributed by atoms with Crippen LogP contribution in [0, 0.1) is 23.0 Å². The van der Waals surface area contributed by atoms with Crippen LogP contribution in [0.2, 0.25) is 0 Å². The number of phenols is 1. The van der Waals surface area contributed by atoms with Crippen LogP contribution in [0.5, 0.6) is 28.9 Å². The Morgan fingerprint density at radius 3 is 2.73 bits per heavy atom. The summed E-state index contributed by atoms with van der Waals surface area (Å²) in [6, 6.07) is 10.5. The van der Waals surface area contributed by atoms with E-state index in [1.807, 2.05) is 18.0 Å². The Morgan fingerprint density at radius 2 is 2.03 bits per heavy atom. The summed E-state index contributed by atoms with van der Waals surface area (Å²) in [5.74, 6) is -4.32. The van der Waals surface area contributed by atoms with Gasteiger partial charge in [0.15, 0.2) is 17.3 Å². The van der Waals surface area contributed by atoms with Crippen molar-refractivity contribution in [3.8, 4) is 34.9 Å². The van der Waals surface area contributed by atoms with Gasteiger partial charge in [0.05, 0.1) is 36.4 Å². The standard InChI is InChI=1S/C25H20F2N4O5S/c1-31-8-7-29-24(31)16-11-15(37-9-6-21(33)34)3-5-19(16)35-23-17(26)13-30-25(22(23)27)36-20-10-14(12-28)2-4-18(20)32/h2-5,10-11,13,32H,6-9H2,1H3,(H,33,34). The lowest BCUT2D eigenvalue weighted by Crippen LogP contribution is -2.24. The number of hydrogen-bond acceptors (Lipinski definition) is 9. The molecule has 0 spiro atoms. The van der Waals surface area contributed by atoms with Gasteiger partial charge in [-0.15, -0.1) is 11.8 Å². The summed E-state index contributed by atoms with van der Waals surface area (Å²) in [6.07, 6.45) is 0.691. The second-order valence-electron chi connectivity index (χ2n) is 7.83. The van der Waals surface area contributed by atoms with Crippen LogP contribution in [0.3, 0.4) is 0 Å². The molecule has 0 amide bonds. The maximum atomic E-state index is 15.3. The molecule has 1 aliphatic heterocycles. The van der Waals surface area contributed by atoms with Crippen molar-refractivity contribution in [3.63, 3.8) is 0 Å². The minimum atomic E-state index is -1.26. The zero-order chi connectivity index (χ0) is 26.5. The van der Waals surface area contributed by atoms with Gasteiger partial charge in [-0.3, -0.25) is 9.79 Å². The summed E-state index contributed by atoms with van der Waals surface area (Å²) in [5.41, 5.74) is 0.622. The molecule has 0 bridgehead atoms. The Morgan fingerprint density at radius 1 is 1.22 bits per heavy atom. The quantitative estimate of drug-likeness (QED) is 0.379. The van der Waals surface area contributed by atoms with Gasteiger partial charge >= 0.3 is 5.97 Å². The van der Waals surface area contributed by atoms with Crippen LogP contribution in [-0.4, -0.2) is 57.8 Å². The van der Waals surface area contributed by atoms with Crippen molar-refractivity contribution in [2.75, 3.05) is 25.9 Å². The second kappa shape index (κ2) is 11.1. The van der Waals surface area contributed by atoms with Gasteiger partial charge in [-0.25, -0.2) is 9.37 Å². The highest BCUT2D eigenvalue weighted by molar-refractivity contribution is 7.99. The predicted octanol–water partition coefficient (Wildman–Crippen LogP) is 4.78. The molecule has 190 valence electrons.